The SMILES string of the molecule is CC1CN(c2ccc(CBr)cc2C#N)CC1C. The zero-order valence-electron chi connectivity index (χ0n) is 10.3. The third kappa shape index (κ3) is 2.47. The maximum atomic E-state index is 9.24. The van der Waals surface area contributed by atoms with Gasteiger partial charge in [0.1, 0.15) is 6.07 Å². The first-order valence-corrected chi connectivity index (χ1v) is 7.11. The lowest BCUT2D eigenvalue weighted by atomic mass is 10.0. The molecule has 2 unspecified atom stereocenters. The van der Waals surface area contributed by atoms with E-state index in [1.54, 1.807) is 0 Å². The number of hydrogen-bond donors (Lipinski definition) is 0. The minimum atomic E-state index is 0.706. The van der Waals surface area contributed by atoms with Crippen LogP contribution in [0.25, 0.3) is 0 Å². The molecule has 0 radical (unpaired) electrons. The molecule has 17 heavy (non-hydrogen) atoms. The van der Waals surface area contributed by atoms with Crippen LogP contribution < -0.4 is 4.90 Å². The average Bonchev–Trinajstić information content (AvgIpc) is 2.68. The van der Waals surface area contributed by atoms with Crippen molar-refractivity contribution in [3.63, 3.8) is 0 Å². The summed E-state index contributed by atoms with van der Waals surface area (Å²) >= 11 is 3.43. The second-order valence-electron chi connectivity index (χ2n) is 4.96. The highest BCUT2D eigenvalue weighted by molar-refractivity contribution is 9.08. The molecule has 1 aromatic carbocycles. The van der Waals surface area contributed by atoms with Gasteiger partial charge in [-0.1, -0.05) is 35.8 Å². The van der Waals surface area contributed by atoms with Gasteiger partial charge in [0.15, 0.2) is 0 Å². The van der Waals surface area contributed by atoms with Crippen molar-refractivity contribution in [2.45, 2.75) is 19.2 Å². The number of rotatable bonds is 2. The van der Waals surface area contributed by atoms with E-state index in [2.05, 4.69) is 52.9 Å². The number of halogens is 1. The van der Waals surface area contributed by atoms with Crippen molar-refractivity contribution in [1.29, 1.82) is 5.26 Å². The number of hydrogen-bond acceptors (Lipinski definition) is 2. The van der Waals surface area contributed by atoms with Gasteiger partial charge in [-0.05, 0) is 29.5 Å². The molecule has 2 nitrogen and oxygen atoms in total. The Bertz CT molecular complexity index is 440. The Labute approximate surface area is 111 Å². The van der Waals surface area contributed by atoms with E-state index in [1.807, 2.05) is 6.07 Å². The summed E-state index contributed by atoms with van der Waals surface area (Å²) in [5, 5.41) is 10.0. The minimum Gasteiger partial charge on any atom is -0.370 e. The Morgan fingerprint density at radius 1 is 1.35 bits per heavy atom. The first kappa shape index (κ1) is 12.4. The van der Waals surface area contributed by atoms with Crippen molar-refractivity contribution >= 4 is 21.6 Å². The van der Waals surface area contributed by atoms with Crippen molar-refractivity contribution in [2.24, 2.45) is 11.8 Å². The zero-order chi connectivity index (χ0) is 12.4. The molecule has 0 aromatic heterocycles. The van der Waals surface area contributed by atoms with E-state index < -0.39 is 0 Å². The smallest absolute Gasteiger partial charge is 0.101 e. The fourth-order valence-corrected chi connectivity index (χ4v) is 2.71. The van der Waals surface area contributed by atoms with Gasteiger partial charge in [0.05, 0.1) is 11.3 Å². The predicted octanol–water partition coefficient (Wildman–Crippen LogP) is 3.55. The molecule has 0 N–H and O–H groups in total. The van der Waals surface area contributed by atoms with Crippen LogP contribution in [0.1, 0.15) is 25.0 Å². The summed E-state index contributed by atoms with van der Waals surface area (Å²) in [5.41, 5.74) is 3.04. The fourth-order valence-electron chi connectivity index (χ4n) is 2.36. The van der Waals surface area contributed by atoms with Crippen LogP contribution >= 0.6 is 15.9 Å². The Morgan fingerprint density at radius 3 is 2.53 bits per heavy atom. The standard InChI is InChI=1S/C14H17BrN2/c1-10-8-17(9-11(10)2)14-4-3-12(6-15)5-13(14)7-16/h3-5,10-11H,6,8-9H2,1-2H3. The van der Waals surface area contributed by atoms with Crippen LogP contribution in [0, 0.1) is 23.2 Å². The molecule has 1 fully saturated rings. The minimum absolute atomic E-state index is 0.706. The molecule has 2 rings (SSSR count). The van der Waals surface area contributed by atoms with E-state index in [0.29, 0.717) is 11.8 Å². The highest BCUT2D eigenvalue weighted by Gasteiger charge is 2.27. The van der Waals surface area contributed by atoms with E-state index in [0.717, 1.165) is 35.2 Å². The second-order valence-corrected chi connectivity index (χ2v) is 5.52. The molecule has 0 amide bonds. The van der Waals surface area contributed by atoms with Gasteiger partial charge in [-0.2, -0.15) is 5.26 Å². The van der Waals surface area contributed by atoms with Gasteiger partial charge < -0.3 is 4.90 Å². The maximum absolute atomic E-state index is 9.24. The Morgan fingerprint density at radius 2 is 2.00 bits per heavy atom. The van der Waals surface area contributed by atoms with Crippen LogP contribution in [0.2, 0.25) is 0 Å². The lowest BCUT2D eigenvalue weighted by Crippen LogP contribution is -2.20. The third-order valence-corrected chi connectivity index (χ3v) is 4.31. The summed E-state index contributed by atoms with van der Waals surface area (Å²) in [6, 6.07) is 8.48. The molecule has 0 spiro atoms. The Kier molecular flexibility index (Phi) is 3.73. The maximum Gasteiger partial charge on any atom is 0.101 e. The summed E-state index contributed by atoms with van der Waals surface area (Å²) in [4.78, 5) is 2.34. The van der Waals surface area contributed by atoms with Crippen LogP contribution in [0.4, 0.5) is 5.69 Å². The largest absolute Gasteiger partial charge is 0.370 e. The van der Waals surface area contributed by atoms with Crippen molar-refractivity contribution in [1.82, 2.24) is 0 Å². The van der Waals surface area contributed by atoms with Gasteiger partial charge in [0, 0.05) is 18.4 Å². The van der Waals surface area contributed by atoms with Gasteiger partial charge >= 0.3 is 0 Å². The highest BCUT2D eigenvalue weighted by atomic mass is 79.9. The molecule has 1 heterocycles. The van der Waals surface area contributed by atoms with E-state index in [1.165, 1.54) is 0 Å². The number of alkyl halides is 1. The van der Waals surface area contributed by atoms with Crippen LogP contribution in [0.5, 0.6) is 0 Å². The molecular formula is C14H17BrN2. The summed E-state index contributed by atoms with van der Waals surface area (Å²) in [6.45, 7) is 6.68. The van der Waals surface area contributed by atoms with Crippen LogP contribution in [-0.2, 0) is 5.33 Å². The summed E-state index contributed by atoms with van der Waals surface area (Å²) in [5.74, 6) is 1.41. The molecule has 0 bridgehead atoms. The van der Waals surface area contributed by atoms with Gasteiger partial charge in [-0.15, -0.1) is 0 Å². The van der Waals surface area contributed by atoms with Crippen LogP contribution in [0.3, 0.4) is 0 Å². The molecule has 0 saturated carbocycles. The first-order chi connectivity index (χ1) is 8.15. The van der Waals surface area contributed by atoms with Gasteiger partial charge in [-0.3, -0.25) is 0 Å². The highest BCUT2D eigenvalue weighted by Crippen LogP contribution is 2.30. The van der Waals surface area contributed by atoms with E-state index in [-0.39, 0.29) is 0 Å². The lowest BCUT2D eigenvalue weighted by molar-refractivity contribution is 0.494. The number of anilines is 1. The number of nitriles is 1. The van der Waals surface area contributed by atoms with Gasteiger partial charge in [0.25, 0.3) is 0 Å². The molecule has 1 aliphatic heterocycles. The van der Waals surface area contributed by atoms with Crippen molar-refractivity contribution < 1.29 is 0 Å². The predicted molar refractivity (Wildman–Crippen MR) is 74.3 cm³/mol. The monoisotopic (exact) mass is 292 g/mol. The van der Waals surface area contributed by atoms with E-state index in [4.69, 9.17) is 0 Å². The van der Waals surface area contributed by atoms with Crippen LogP contribution in [0.15, 0.2) is 18.2 Å². The van der Waals surface area contributed by atoms with E-state index in [9.17, 15) is 5.26 Å². The molecule has 1 aromatic rings. The second kappa shape index (κ2) is 5.10. The normalized spacial score (nSPS) is 23.8. The van der Waals surface area contributed by atoms with Crippen LogP contribution in [-0.4, -0.2) is 13.1 Å². The number of nitrogens with zero attached hydrogens (tertiary/aromatic N) is 2. The zero-order valence-corrected chi connectivity index (χ0v) is 11.9. The quantitative estimate of drug-likeness (QED) is 0.780. The van der Waals surface area contributed by atoms with Crippen molar-refractivity contribution in [3.05, 3.63) is 29.3 Å². The molecule has 1 aliphatic rings. The summed E-state index contributed by atoms with van der Waals surface area (Å²) in [7, 11) is 0. The molecule has 3 heteroatoms. The summed E-state index contributed by atoms with van der Waals surface area (Å²) < 4.78 is 0. The Hall–Kier alpha value is -1.01. The van der Waals surface area contributed by atoms with Gasteiger partial charge in [0.2, 0.25) is 0 Å². The molecular weight excluding hydrogens is 276 g/mol. The topological polar surface area (TPSA) is 27.0 Å². The third-order valence-electron chi connectivity index (χ3n) is 3.66. The van der Waals surface area contributed by atoms with Gasteiger partial charge in [-0.25, -0.2) is 0 Å². The first-order valence-electron chi connectivity index (χ1n) is 5.99. The molecule has 90 valence electrons. The molecule has 1 saturated heterocycles. The van der Waals surface area contributed by atoms with Crippen molar-refractivity contribution in [2.75, 3.05) is 18.0 Å². The molecule has 2 atom stereocenters. The number of benzene rings is 1. The summed E-state index contributed by atoms with van der Waals surface area (Å²) in [6.07, 6.45) is 0. The Balaban J connectivity index is 2.30. The molecule has 0 aliphatic carbocycles. The lowest BCUT2D eigenvalue weighted by Gasteiger charge is -2.20. The fraction of sp³-hybridized carbons (Fsp3) is 0.500. The van der Waals surface area contributed by atoms with E-state index >= 15 is 0 Å². The average molecular weight is 293 g/mol. The van der Waals surface area contributed by atoms with Crippen molar-refractivity contribution in [3.8, 4) is 6.07 Å².